The van der Waals surface area contributed by atoms with Gasteiger partial charge < -0.3 is 15.4 Å². The van der Waals surface area contributed by atoms with Gasteiger partial charge in [0, 0.05) is 25.6 Å². The Labute approximate surface area is 180 Å². The molecule has 0 heterocycles. The van der Waals surface area contributed by atoms with Gasteiger partial charge in [-0.15, -0.1) is 0 Å². The second-order valence-corrected chi connectivity index (χ2v) is 9.14. The van der Waals surface area contributed by atoms with Crippen molar-refractivity contribution in [1.82, 2.24) is 10.6 Å². The lowest BCUT2D eigenvalue weighted by molar-refractivity contribution is -0.135. The molecule has 0 rings (SSSR count). The summed E-state index contributed by atoms with van der Waals surface area (Å²) < 4.78 is 6.39. The van der Waals surface area contributed by atoms with E-state index in [1.807, 2.05) is 13.8 Å². The molecule has 172 valence electrons. The van der Waals surface area contributed by atoms with Gasteiger partial charge in [-0.1, -0.05) is 41.5 Å². The van der Waals surface area contributed by atoms with Gasteiger partial charge >= 0.3 is 0 Å². The highest BCUT2D eigenvalue weighted by atomic mass is 16.5. The van der Waals surface area contributed by atoms with Crippen molar-refractivity contribution in [3.63, 3.8) is 0 Å². The predicted octanol–water partition coefficient (Wildman–Crippen LogP) is 5.23. The average molecular weight is 413 g/mol. The molecule has 0 radical (unpaired) electrons. The van der Waals surface area contributed by atoms with E-state index in [4.69, 9.17) is 4.74 Å². The molecule has 0 saturated heterocycles. The van der Waals surface area contributed by atoms with Crippen LogP contribution < -0.4 is 10.6 Å². The van der Waals surface area contributed by atoms with Crippen LogP contribution in [0.15, 0.2) is 0 Å². The van der Waals surface area contributed by atoms with Crippen molar-refractivity contribution in [3.05, 3.63) is 0 Å². The first-order valence-corrected chi connectivity index (χ1v) is 11.8. The maximum absolute atomic E-state index is 12.8. The van der Waals surface area contributed by atoms with Gasteiger partial charge in [0.1, 0.15) is 0 Å². The number of hydrogen-bond acceptors (Lipinski definition) is 3. The topological polar surface area (TPSA) is 67.4 Å². The number of ether oxygens (including phenoxy) is 1. The number of rotatable bonds is 16. The van der Waals surface area contributed by atoms with Crippen LogP contribution in [0.4, 0.5) is 0 Å². The Morgan fingerprint density at radius 1 is 0.897 bits per heavy atom. The zero-order valence-corrected chi connectivity index (χ0v) is 20.5. The molecule has 5 heteroatoms. The van der Waals surface area contributed by atoms with Gasteiger partial charge in [-0.3, -0.25) is 9.59 Å². The van der Waals surface area contributed by atoms with Crippen molar-refractivity contribution >= 4 is 11.8 Å². The molecule has 0 fully saturated rings. The smallest absolute Gasteiger partial charge is 0.226 e. The molecule has 2 N–H and O–H groups in total. The van der Waals surface area contributed by atoms with Crippen LogP contribution in [0.2, 0.25) is 0 Å². The average Bonchev–Trinajstić information content (AvgIpc) is 2.68. The summed E-state index contributed by atoms with van der Waals surface area (Å²) in [4.78, 5) is 24.8. The van der Waals surface area contributed by atoms with E-state index in [1.165, 1.54) is 0 Å². The molecule has 0 bridgehead atoms. The van der Waals surface area contributed by atoms with Crippen molar-refractivity contribution in [1.29, 1.82) is 0 Å². The minimum Gasteiger partial charge on any atom is -0.375 e. The van der Waals surface area contributed by atoms with E-state index >= 15 is 0 Å². The third-order valence-electron chi connectivity index (χ3n) is 6.38. The molecule has 2 amide bonds. The first kappa shape index (κ1) is 27.9. The van der Waals surface area contributed by atoms with Crippen LogP contribution in [0.3, 0.4) is 0 Å². The highest BCUT2D eigenvalue weighted by Gasteiger charge is 2.36. The first-order chi connectivity index (χ1) is 13.6. The summed E-state index contributed by atoms with van der Waals surface area (Å²) >= 11 is 0. The fourth-order valence-electron chi connectivity index (χ4n) is 3.73. The van der Waals surface area contributed by atoms with E-state index in [9.17, 15) is 9.59 Å². The van der Waals surface area contributed by atoms with Crippen LogP contribution in [0.5, 0.6) is 0 Å². The Kier molecular flexibility index (Phi) is 13.5. The van der Waals surface area contributed by atoms with Gasteiger partial charge in [0.2, 0.25) is 11.8 Å². The third-order valence-corrected chi connectivity index (χ3v) is 6.38. The lowest BCUT2D eigenvalue weighted by atomic mass is 9.78. The molecule has 0 aromatic carbocycles. The highest BCUT2D eigenvalue weighted by molar-refractivity contribution is 5.82. The molecule has 0 saturated carbocycles. The fraction of sp³-hybridized carbons (Fsp3) is 0.917. The quantitative estimate of drug-likeness (QED) is 0.365. The summed E-state index contributed by atoms with van der Waals surface area (Å²) in [5.74, 6) is 0.804. The summed E-state index contributed by atoms with van der Waals surface area (Å²) in [6, 6.07) is 0.144. The maximum Gasteiger partial charge on any atom is 0.226 e. The van der Waals surface area contributed by atoms with Gasteiger partial charge in [0.05, 0.1) is 11.0 Å². The molecule has 0 unspecified atom stereocenters. The van der Waals surface area contributed by atoms with Crippen molar-refractivity contribution in [3.8, 4) is 0 Å². The van der Waals surface area contributed by atoms with Gasteiger partial charge in [-0.2, -0.15) is 0 Å². The molecule has 5 nitrogen and oxygen atoms in total. The lowest BCUT2D eigenvalue weighted by Gasteiger charge is -2.36. The number of amides is 2. The predicted molar refractivity (Wildman–Crippen MR) is 122 cm³/mol. The molecule has 0 aliphatic heterocycles. The van der Waals surface area contributed by atoms with E-state index in [0.717, 1.165) is 44.9 Å². The minimum absolute atomic E-state index is 0.126. The van der Waals surface area contributed by atoms with Crippen molar-refractivity contribution in [2.75, 3.05) is 13.2 Å². The number of carbonyl (C=O) groups is 2. The van der Waals surface area contributed by atoms with Gasteiger partial charge in [-0.25, -0.2) is 0 Å². The molecule has 0 aliphatic carbocycles. The molecule has 0 atom stereocenters. The van der Waals surface area contributed by atoms with Crippen LogP contribution in [0.25, 0.3) is 0 Å². The van der Waals surface area contributed by atoms with Crippen molar-refractivity contribution < 1.29 is 14.3 Å². The standard InChI is InChI=1S/C24H48N2O3/c1-9-23(10-2,22(28)26-20(7)8)16-18-29-24(11-3,12-4)15-17-25-21(27)14-13-19(5)6/h19-20H,9-18H2,1-8H3,(H,25,27)(H,26,28). The van der Waals surface area contributed by atoms with Crippen LogP contribution in [0.1, 0.15) is 107 Å². The summed E-state index contributed by atoms with van der Waals surface area (Å²) in [6.45, 7) is 17.9. The second kappa shape index (κ2) is 14.0. The van der Waals surface area contributed by atoms with Gasteiger partial charge in [0.15, 0.2) is 0 Å². The number of nitrogens with one attached hydrogen (secondary N) is 2. The van der Waals surface area contributed by atoms with Crippen molar-refractivity contribution in [2.45, 2.75) is 118 Å². The lowest BCUT2D eigenvalue weighted by Crippen LogP contribution is -2.45. The van der Waals surface area contributed by atoms with E-state index in [1.54, 1.807) is 0 Å². The largest absolute Gasteiger partial charge is 0.375 e. The van der Waals surface area contributed by atoms with Crippen LogP contribution in [-0.2, 0) is 14.3 Å². The molecular formula is C24H48N2O3. The summed E-state index contributed by atoms with van der Waals surface area (Å²) in [7, 11) is 0. The maximum atomic E-state index is 12.8. The van der Waals surface area contributed by atoms with Crippen molar-refractivity contribution in [2.24, 2.45) is 11.3 Å². The molecule has 0 aromatic heterocycles. The number of carbonyl (C=O) groups excluding carboxylic acids is 2. The third kappa shape index (κ3) is 9.97. The van der Waals surface area contributed by atoms with Gasteiger partial charge in [-0.05, 0) is 64.7 Å². The Balaban J connectivity index is 4.76. The second-order valence-electron chi connectivity index (χ2n) is 9.14. The fourth-order valence-corrected chi connectivity index (χ4v) is 3.73. The Bertz CT molecular complexity index is 467. The van der Waals surface area contributed by atoms with Gasteiger partial charge in [0.25, 0.3) is 0 Å². The SMILES string of the molecule is CCC(CC)(CCNC(=O)CCC(C)C)OCCC(CC)(CC)C(=O)NC(C)C. The number of hydrogen-bond donors (Lipinski definition) is 2. The summed E-state index contributed by atoms with van der Waals surface area (Å²) in [5, 5.41) is 6.13. The minimum atomic E-state index is -0.372. The van der Waals surface area contributed by atoms with Crippen LogP contribution in [0, 0.1) is 11.3 Å². The van der Waals surface area contributed by atoms with E-state index in [2.05, 4.69) is 52.2 Å². The summed E-state index contributed by atoms with van der Waals surface area (Å²) in [6.07, 6.45) is 6.44. The molecule has 29 heavy (non-hydrogen) atoms. The highest BCUT2D eigenvalue weighted by Crippen LogP contribution is 2.33. The monoisotopic (exact) mass is 412 g/mol. The van der Waals surface area contributed by atoms with E-state index in [-0.39, 0.29) is 28.9 Å². The molecule has 0 aromatic rings. The Morgan fingerprint density at radius 3 is 1.93 bits per heavy atom. The normalized spacial score (nSPS) is 12.5. The zero-order valence-electron chi connectivity index (χ0n) is 20.5. The van der Waals surface area contributed by atoms with Crippen LogP contribution in [-0.4, -0.2) is 36.6 Å². The Hall–Kier alpha value is -1.10. The molecule has 0 spiro atoms. The van der Waals surface area contributed by atoms with E-state index < -0.39 is 0 Å². The summed E-state index contributed by atoms with van der Waals surface area (Å²) in [5.41, 5.74) is -0.615. The molecular weight excluding hydrogens is 364 g/mol. The zero-order chi connectivity index (χ0) is 22.5. The molecule has 0 aliphatic rings. The van der Waals surface area contributed by atoms with E-state index in [0.29, 0.717) is 25.5 Å². The Morgan fingerprint density at radius 2 is 1.48 bits per heavy atom. The first-order valence-electron chi connectivity index (χ1n) is 11.8. The van der Waals surface area contributed by atoms with Crippen LogP contribution >= 0.6 is 0 Å².